The SMILES string of the molecule is CCn1nc(C)c(Cl)c1COc1cccc(N)c1C. The van der Waals surface area contributed by atoms with Gasteiger partial charge in [0.25, 0.3) is 0 Å². The van der Waals surface area contributed by atoms with E-state index in [1.54, 1.807) is 0 Å². The zero-order valence-electron chi connectivity index (χ0n) is 11.4. The highest BCUT2D eigenvalue weighted by atomic mass is 35.5. The average molecular weight is 280 g/mol. The molecule has 0 unspecified atom stereocenters. The first kappa shape index (κ1) is 13.7. The Morgan fingerprint density at radius 2 is 2.11 bits per heavy atom. The van der Waals surface area contributed by atoms with Gasteiger partial charge >= 0.3 is 0 Å². The second-order valence-electron chi connectivity index (χ2n) is 4.42. The van der Waals surface area contributed by atoms with E-state index in [0.717, 1.165) is 34.9 Å². The Morgan fingerprint density at radius 1 is 1.37 bits per heavy atom. The number of benzene rings is 1. The lowest BCUT2D eigenvalue weighted by Gasteiger charge is -2.11. The van der Waals surface area contributed by atoms with Crippen LogP contribution in [0.15, 0.2) is 18.2 Å². The van der Waals surface area contributed by atoms with Crippen molar-refractivity contribution in [1.29, 1.82) is 0 Å². The quantitative estimate of drug-likeness (QED) is 0.874. The number of nitrogens with two attached hydrogens (primary N) is 1. The van der Waals surface area contributed by atoms with E-state index < -0.39 is 0 Å². The third-order valence-electron chi connectivity index (χ3n) is 3.14. The van der Waals surface area contributed by atoms with Crippen LogP contribution in [0.5, 0.6) is 5.75 Å². The third-order valence-corrected chi connectivity index (χ3v) is 3.63. The van der Waals surface area contributed by atoms with E-state index in [1.807, 2.05) is 43.7 Å². The minimum atomic E-state index is 0.387. The standard InChI is InChI=1S/C14H18ClN3O/c1-4-18-12(14(15)10(3)17-18)8-19-13-7-5-6-11(16)9(13)2/h5-7H,4,8,16H2,1-3H3. The summed E-state index contributed by atoms with van der Waals surface area (Å²) < 4.78 is 7.68. The van der Waals surface area contributed by atoms with Gasteiger partial charge in [0.2, 0.25) is 0 Å². The van der Waals surface area contributed by atoms with Crippen LogP contribution in [0.4, 0.5) is 5.69 Å². The van der Waals surface area contributed by atoms with Gasteiger partial charge < -0.3 is 10.5 Å². The Morgan fingerprint density at radius 3 is 2.79 bits per heavy atom. The normalized spacial score (nSPS) is 10.7. The number of anilines is 1. The Hall–Kier alpha value is -1.68. The highest BCUT2D eigenvalue weighted by Crippen LogP contribution is 2.26. The van der Waals surface area contributed by atoms with Crippen LogP contribution >= 0.6 is 11.6 Å². The number of halogens is 1. The fraction of sp³-hybridized carbons (Fsp3) is 0.357. The lowest BCUT2D eigenvalue weighted by atomic mass is 10.2. The minimum absolute atomic E-state index is 0.387. The summed E-state index contributed by atoms with van der Waals surface area (Å²) in [6.07, 6.45) is 0. The molecule has 0 aliphatic rings. The van der Waals surface area contributed by atoms with Crippen molar-refractivity contribution in [2.75, 3.05) is 5.73 Å². The molecule has 0 saturated carbocycles. The molecule has 1 aromatic heterocycles. The monoisotopic (exact) mass is 279 g/mol. The van der Waals surface area contributed by atoms with Gasteiger partial charge in [-0.1, -0.05) is 17.7 Å². The van der Waals surface area contributed by atoms with E-state index in [2.05, 4.69) is 5.10 Å². The molecule has 4 nitrogen and oxygen atoms in total. The summed E-state index contributed by atoms with van der Waals surface area (Å²) >= 11 is 6.24. The van der Waals surface area contributed by atoms with Crippen molar-refractivity contribution in [3.8, 4) is 5.75 Å². The Labute approximate surface area is 118 Å². The van der Waals surface area contributed by atoms with Gasteiger partial charge in [0, 0.05) is 17.8 Å². The average Bonchev–Trinajstić information content (AvgIpc) is 2.67. The van der Waals surface area contributed by atoms with Gasteiger partial charge in [-0.25, -0.2) is 0 Å². The molecule has 0 bridgehead atoms. The second-order valence-corrected chi connectivity index (χ2v) is 4.80. The molecule has 0 atom stereocenters. The maximum atomic E-state index is 6.24. The van der Waals surface area contributed by atoms with E-state index in [1.165, 1.54) is 0 Å². The van der Waals surface area contributed by atoms with E-state index >= 15 is 0 Å². The van der Waals surface area contributed by atoms with E-state index in [9.17, 15) is 0 Å². The molecule has 0 aliphatic carbocycles. The van der Waals surface area contributed by atoms with Crippen molar-refractivity contribution in [2.24, 2.45) is 0 Å². The first-order chi connectivity index (χ1) is 9.04. The molecule has 0 saturated heterocycles. The zero-order chi connectivity index (χ0) is 14.0. The zero-order valence-corrected chi connectivity index (χ0v) is 12.2. The highest BCUT2D eigenvalue weighted by Gasteiger charge is 2.13. The lowest BCUT2D eigenvalue weighted by molar-refractivity contribution is 0.291. The number of nitrogens with zero attached hydrogens (tertiary/aromatic N) is 2. The summed E-state index contributed by atoms with van der Waals surface area (Å²) in [7, 11) is 0. The molecule has 102 valence electrons. The van der Waals surface area contributed by atoms with Crippen LogP contribution in [-0.2, 0) is 13.2 Å². The van der Waals surface area contributed by atoms with E-state index in [-0.39, 0.29) is 0 Å². The molecule has 19 heavy (non-hydrogen) atoms. The molecule has 0 radical (unpaired) electrons. The Bertz CT molecular complexity index is 593. The Balaban J connectivity index is 2.21. The van der Waals surface area contributed by atoms with Crippen LogP contribution < -0.4 is 10.5 Å². The first-order valence-electron chi connectivity index (χ1n) is 6.24. The molecule has 2 aromatic rings. The highest BCUT2D eigenvalue weighted by molar-refractivity contribution is 6.31. The number of aryl methyl sites for hydroxylation is 2. The fourth-order valence-corrected chi connectivity index (χ4v) is 2.13. The summed E-state index contributed by atoms with van der Waals surface area (Å²) in [5, 5.41) is 5.03. The van der Waals surface area contributed by atoms with Crippen molar-refractivity contribution in [1.82, 2.24) is 9.78 Å². The van der Waals surface area contributed by atoms with Gasteiger partial charge in [0.15, 0.2) is 0 Å². The predicted octanol–water partition coefficient (Wildman–Crippen LogP) is 3.33. The fourth-order valence-electron chi connectivity index (χ4n) is 1.94. The number of aromatic nitrogens is 2. The summed E-state index contributed by atoms with van der Waals surface area (Å²) in [5.74, 6) is 0.776. The molecular weight excluding hydrogens is 262 g/mol. The van der Waals surface area contributed by atoms with Crippen LogP contribution in [0.1, 0.15) is 23.9 Å². The van der Waals surface area contributed by atoms with Crippen LogP contribution in [0.25, 0.3) is 0 Å². The summed E-state index contributed by atoms with van der Waals surface area (Å²) in [4.78, 5) is 0. The smallest absolute Gasteiger partial charge is 0.131 e. The molecule has 2 N–H and O–H groups in total. The molecule has 0 fully saturated rings. The van der Waals surface area contributed by atoms with Crippen molar-refractivity contribution in [2.45, 2.75) is 33.9 Å². The van der Waals surface area contributed by atoms with Crippen LogP contribution in [0.3, 0.4) is 0 Å². The predicted molar refractivity (Wildman–Crippen MR) is 77.6 cm³/mol. The van der Waals surface area contributed by atoms with Crippen molar-refractivity contribution >= 4 is 17.3 Å². The molecule has 0 spiro atoms. The molecule has 5 heteroatoms. The van der Waals surface area contributed by atoms with Gasteiger partial charge in [-0.2, -0.15) is 5.10 Å². The van der Waals surface area contributed by atoms with Gasteiger partial charge in [-0.05, 0) is 32.9 Å². The maximum Gasteiger partial charge on any atom is 0.131 e. The minimum Gasteiger partial charge on any atom is -0.487 e. The molecule has 1 aromatic carbocycles. The largest absolute Gasteiger partial charge is 0.487 e. The van der Waals surface area contributed by atoms with Crippen LogP contribution in [-0.4, -0.2) is 9.78 Å². The van der Waals surface area contributed by atoms with Crippen LogP contribution in [0, 0.1) is 13.8 Å². The van der Waals surface area contributed by atoms with E-state index in [4.69, 9.17) is 22.1 Å². The second kappa shape index (κ2) is 5.53. The van der Waals surface area contributed by atoms with Crippen molar-refractivity contribution < 1.29 is 4.74 Å². The lowest BCUT2D eigenvalue weighted by Crippen LogP contribution is -2.07. The van der Waals surface area contributed by atoms with Crippen molar-refractivity contribution in [3.05, 3.63) is 40.2 Å². The number of hydrogen-bond acceptors (Lipinski definition) is 3. The summed E-state index contributed by atoms with van der Waals surface area (Å²) in [6.45, 7) is 7.01. The molecular formula is C14H18ClN3O. The topological polar surface area (TPSA) is 53.1 Å². The Kier molecular flexibility index (Phi) is 4.00. The molecule has 2 rings (SSSR count). The maximum absolute atomic E-state index is 6.24. The van der Waals surface area contributed by atoms with Gasteiger partial charge in [0.05, 0.1) is 16.4 Å². The third kappa shape index (κ3) is 2.68. The van der Waals surface area contributed by atoms with Gasteiger partial charge in [0.1, 0.15) is 12.4 Å². The van der Waals surface area contributed by atoms with Crippen LogP contribution in [0.2, 0.25) is 5.02 Å². The number of rotatable bonds is 4. The van der Waals surface area contributed by atoms with Gasteiger partial charge in [-0.3, -0.25) is 4.68 Å². The molecule has 0 amide bonds. The molecule has 0 aliphatic heterocycles. The number of hydrogen-bond donors (Lipinski definition) is 1. The molecule has 1 heterocycles. The van der Waals surface area contributed by atoms with Crippen molar-refractivity contribution in [3.63, 3.8) is 0 Å². The number of ether oxygens (including phenoxy) is 1. The number of nitrogen functional groups attached to an aromatic ring is 1. The van der Waals surface area contributed by atoms with E-state index in [0.29, 0.717) is 11.6 Å². The summed E-state index contributed by atoms with van der Waals surface area (Å²) in [5.41, 5.74) is 9.24. The van der Waals surface area contributed by atoms with Gasteiger partial charge in [-0.15, -0.1) is 0 Å². The first-order valence-corrected chi connectivity index (χ1v) is 6.62. The summed E-state index contributed by atoms with van der Waals surface area (Å²) in [6, 6.07) is 5.64.